The number of rotatable bonds is 3. The van der Waals surface area contributed by atoms with Crippen LogP contribution < -0.4 is 5.73 Å². The molecule has 0 bridgehead atoms. The number of thioether (sulfide) groups is 1. The van der Waals surface area contributed by atoms with Crippen molar-refractivity contribution in [1.29, 1.82) is 0 Å². The molecule has 0 amide bonds. The van der Waals surface area contributed by atoms with Gasteiger partial charge >= 0.3 is 0 Å². The lowest BCUT2D eigenvalue weighted by Crippen LogP contribution is -2.35. The van der Waals surface area contributed by atoms with E-state index in [9.17, 15) is 0 Å². The average Bonchev–Trinajstić information content (AvgIpc) is 2.38. The zero-order chi connectivity index (χ0) is 12.4. The molecule has 1 aromatic carbocycles. The van der Waals surface area contributed by atoms with Gasteiger partial charge in [-0.15, -0.1) is 0 Å². The molecule has 1 aliphatic heterocycles. The first-order valence-electron chi connectivity index (χ1n) is 6.90. The van der Waals surface area contributed by atoms with Crippen LogP contribution in [0.4, 0.5) is 0 Å². The highest BCUT2D eigenvalue weighted by Crippen LogP contribution is 2.40. The molecule has 2 nitrogen and oxygen atoms in total. The Morgan fingerprint density at radius 3 is 2.78 bits per heavy atom. The predicted molar refractivity (Wildman–Crippen MR) is 77.0 cm³/mol. The van der Waals surface area contributed by atoms with Gasteiger partial charge in [0, 0.05) is 11.5 Å². The summed E-state index contributed by atoms with van der Waals surface area (Å²) in [5.74, 6) is 2.87. The van der Waals surface area contributed by atoms with E-state index >= 15 is 0 Å². The molecule has 3 rings (SSSR count). The molecule has 2 fully saturated rings. The molecule has 1 heterocycles. The first-order valence-corrected chi connectivity index (χ1v) is 8.05. The zero-order valence-electron chi connectivity index (χ0n) is 10.7. The van der Waals surface area contributed by atoms with Crippen LogP contribution in [0.3, 0.4) is 0 Å². The lowest BCUT2D eigenvalue weighted by Gasteiger charge is -2.33. The van der Waals surface area contributed by atoms with E-state index < -0.39 is 0 Å². The van der Waals surface area contributed by atoms with Crippen LogP contribution in [0, 0.1) is 0 Å². The maximum Gasteiger partial charge on any atom is 0.0858 e. The van der Waals surface area contributed by atoms with E-state index in [0.717, 1.165) is 24.0 Å². The van der Waals surface area contributed by atoms with Crippen LogP contribution in [0.15, 0.2) is 24.3 Å². The molecule has 0 radical (unpaired) electrons. The second kappa shape index (κ2) is 5.64. The highest BCUT2D eigenvalue weighted by atomic mass is 32.2. The molecule has 18 heavy (non-hydrogen) atoms. The third-order valence-electron chi connectivity index (χ3n) is 4.14. The first-order chi connectivity index (χ1) is 8.86. The molecule has 1 aromatic rings. The van der Waals surface area contributed by atoms with Crippen LogP contribution in [0.5, 0.6) is 0 Å². The Labute approximate surface area is 113 Å². The Hall–Kier alpha value is -0.510. The SMILES string of the molecule is NC(c1ccccc1C1CCC1)C1CSCCO1. The third kappa shape index (κ3) is 2.44. The molecule has 1 aliphatic carbocycles. The van der Waals surface area contributed by atoms with Crippen molar-refractivity contribution in [3.8, 4) is 0 Å². The maximum atomic E-state index is 6.45. The second-order valence-electron chi connectivity index (χ2n) is 5.27. The summed E-state index contributed by atoms with van der Waals surface area (Å²) in [6.07, 6.45) is 4.20. The van der Waals surface area contributed by atoms with Gasteiger partial charge in [-0.25, -0.2) is 0 Å². The smallest absolute Gasteiger partial charge is 0.0858 e. The number of nitrogens with two attached hydrogens (primary N) is 1. The predicted octanol–water partition coefficient (Wildman–Crippen LogP) is 3.09. The van der Waals surface area contributed by atoms with E-state index in [0.29, 0.717) is 0 Å². The summed E-state index contributed by atoms with van der Waals surface area (Å²) in [6.45, 7) is 0.842. The van der Waals surface area contributed by atoms with Gasteiger partial charge in [0.25, 0.3) is 0 Å². The van der Waals surface area contributed by atoms with E-state index in [1.54, 1.807) is 0 Å². The molecular formula is C15H21NOS. The van der Waals surface area contributed by atoms with E-state index in [2.05, 4.69) is 24.3 Å². The number of ether oxygens (including phenoxy) is 1. The summed E-state index contributed by atoms with van der Waals surface area (Å²) in [4.78, 5) is 0. The van der Waals surface area contributed by atoms with Crippen molar-refractivity contribution in [2.75, 3.05) is 18.1 Å². The molecule has 1 saturated carbocycles. The van der Waals surface area contributed by atoms with Gasteiger partial charge in [0.1, 0.15) is 0 Å². The molecule has 0 spiro atoms. The van der Waals surface area contributed by atoms with Crippen molar-refractivity contribution in [3.63, 3.8) is 0 Å². The lowest BCUT2D eigenvalue weighted by atomic mass is 9.77. The molecule has 2 N–H and O–H groups in total. The average molecular weight is 263 g/mol. The largest absolute Gasteiger partial charge is 0.375 e. The minimum Gasteiger partial charge on any atom is -0.375 e. The van der Waals surface area contributed by atoms with Crippen molar-refractivity contribution in [2.45, 2.75) is 37.3 Å². The van der Waals surface area contributed by atoms with Crippen molar-refractivity contribution < 1.29 is 4.74 Å². The fourth-order valence-electron chi connectivity index (χ4n) is 2.82. The van der Waals surface area contributed by atoms with E-state index in [4.69, 9.17) is 10.5 Å². The van der Waals surface area contributed by atoms with Gasteiger partial charge in [-0.05, 0) is 29.9 Å². The Bertz CT molecular complexity index is 399. The van der Waals surface area contributed by atoms with Crippen molar-refractivity contribution >= 4 is 11.8 Å². The Balaban J connectivity index is 1.81. The Morgan fingerprint density at radius 1 is 1.28 bits per heavy atom. The van der Waals surface area contributed by atoms with Crippen LogP contribution in [-0.2, 0) is 4.74 Å². The van der Waals surface area contributed by atoms with Crippen LogP contribution >= 0.6 is 11.8 Å². The molecule has 2 unspecified atom stereocenters. The first kappa shape index (κ1) is 12.5. The highest BCUT2D eigenvalue weighted by molar-refractivity contribution is 7.99. The van der Waals surface area contributed by atoms with Gasteiger partial charge in [-0.1, -0.05) is 30.7 Å². The van der Waals surface area contributed by atoms with Gasteiger partial charge in [0.05, 0.1) is 18.8 Å². The quantitative estimate of drug-likeness (QED) is 0.910. The molecule has 2 atom stereocenters. The van der Waals surface area contributed by atoms with E-state index in [1.807, 2.05) is 11.8 Å². The van der Waals surface area contributed by atoms with E-state index in [-0.39, 0.29) is 12.1 Å². The van der Waals surface area contributed by atoms with E-state index in [1.165, 1.54) is 30.4 Å². The van der Waals surface area contributed by atoms with Crippen LogP contribution in [-0.4, -0.2) is 24.2 Å². The minimum atomic E-state index is 0.0367. The topological polar surface area (TPSA) is 35.2 Å². The summed E-state index contributed by atoms with van der Waals surface area (Å²) in [5, 5.41) is 0. The Kier molecular flexibility index (Phi) is 3.92. The maximum absolute atomic E-state index is 6.45. The highest BCUT2D eigenvalue weighted by Gasteiger charge is 2.28. The van der Waals surface area contributed by atoms with Gasteiger partial charge in [0.2, 0.25) is 0 Å². The van der Waals surface area contributed by atoms with Crippen molar-refractivity contribution in [2.24, 2.45) is 5.73 Å². The summed E-state index contributed by atoms with van der Waals surface area (Å²) in [7, 11) is 0. The zero-order valence-corrected chi connectivity index (χ0v) is 11.5. The summed E-state index contributed by atoms with van der Waals surface area (Å²) >= 11 is 1.96. The van der Waals surface area contributed by atoms with Crippen molar-refractivity contribution in [1.82, 2.24) is 0 Å². The lowest BCUT2D eigenvalue weighted by molar-refractivity contribution is 0.0565. The normalized spacial score (nSPS) is 26.6. The third-order valence-corrected chi connectivity index (χ3v) is 5.16. The summed E-state index contributed by atoms with van der Waals surface area (Å²) in [6, 6.07) is 8.73. The molecular weight excluding hydrogens is 242 g/mol. The minimum absolute atomic E-state index is 0.0367. The molecule has 2 aliphatic rings. The van der Waals surface area contributed by atoms with Gasteiger partial charge in [-0.3, -0.25) is 0 Å². The monoisotopic (exact) mass is 263 g/mol. The summed E-state index contributed by atoms with van der Waals surface area (Å²) < 4.78 is 5.83. The fourth-order valence-corrected chi connectivity index (χ4v) is 3.74. The molecule has 3 heteroatoms. The molecule has 1 saturated heterocycles. The van der Waals surface area contributed by atoms with Crippen LogP contribution in [0.25, 0.3) is 0 Å². The van der Waals surface area contributed by atoms with Crippen LogP contribution in [0.2, 0.25) is 0 Å². The number of benzene rings is 1. The standard InChI is InChI=1S/C15H21NOS/c16-15(14-10-18-9-8-17-14)13-7-2-1-6-12(13)11-4-3-5-11/h1-2,6-7,11,14-15H,3-5,8-10,16H2. The summed E-state index contributed by atoms with van der Waals surface area (Å²) in [5.41, 5.74) is 9.23. The molecule has 98 valence electrons. The van der Waals surface area contributed by atoms with Crippen LogP contribution in [0.1, 0.15) is 42.3 Å². The van der Waals surface area contributed by atoms with Gasteiger partial charge < -0.3 is 10.5 Å². The number of hydrogen-bond donors (Lipinski definition) is 1. The fraction of sp³-hybridized carbons (Fsp3) is 0.600. The van der Waals surface area contributed by atoms with Gasteiger partial charge in [0.15, 0.2) is 0 Å². The number of hydrogen-bond acceptors (Lipinski definition) is 3. The molecule has 0 aromatic heterocycles. The Morgan fingerprint density at radius 2 is 2.11 bits per heavy atom. The second-order valence-corrected chi connectivity index (χ2v) is 6.42. The van der Waals surface area contributed by atoms with Gasteiger partial charge in [-0.2, -0.15) is 11.8 Å². The van der Waals surface area contributed by atoms with Crippen molar-refractivity contribution in [3.05, 3.63) is 35.4 Å².